The number of rotatable bonds is 2. The van der Waals surface area contributed by atoms with Crippen LogP contribution >= 0.6 is 23.7 Å². The number of nitrogens with zero attached hydrogens (tertiary/aromatic N) is 1. The smallest absolute Gasteiger partial charge is 0.263 e. The summed E-state index contributed by atoms with van der Waals surface area (Å²) in [6, 6.07) is 1.70. The number of thiophene rings is 1. The van der Waals surface area contributed by atoms with Gasteiger partial charge in [0.25, 0.3) is 5.91 Å². The lowest BCUT2D eigenvalue weighted by Gasteiger charge is -2.18. The molecule has 1 fully saturated rings. The lowest BCUT2D eigenvalue weighted by atomic mass is 10.2. The van der Waals surface area contributed by atoms with E-state index in [1.807, 2.05) is 4.90 Å². The number of carbonyl (C=O) groups excluding carboxylic acids is 2. The summed E-state index contributed by atoms with van der Waals surface area (Å²) < 4.78 is 0. The van der Waals surface area contributed by atoms with Gasteiger partial charge in [-0.25, -0.2) is 0 Å². The van der Waals surface area contributed by atoms with Crippen LogP contribution in [0.25, 0.3) is 0 Å². The molecule has 4 nitrogen and oxygen atoms in total. The molecule has 2 rings (SSSR count). The van der Waals surface area contributed by atoms with E-state index < -0.39 is 0 Å². The SMILES string of the molecule is CC(=O)c1csc(C(=O)N2CCCNCC2)c1.Cl. The van der Waals surface area contributed by atoms with Crippen molar-refractivity contribution in [3.05, 3.63) is 21.9 Å². The lowest BCUT2D eigenvalue weighted by Crippen LogP contribution is -2.33. The third-order valence-corrected chi connectivity index (χ3v) is 3.76. The molecule has 0 unspecified atom stereocenters. The van der Waals surface area contributed by atoms with Gasteiger partial charge in [-0.3, -0.25) is 9.59 Å². The van der Waals surface area contributed by atoms with Crippen molar-refractivity contribution in [2.45, 2.75) is 13.3 Å². The highest BCUT2D eigenvalue weighted by molar-refractivity contribution is 7.12. The zero-order valence-electron chi connectivity index (χ0n) is 10.3. The van der Waals surface area contributed by atoms with Crippen LogP contribution in [-0.2, 0) is 0 Å². The summed E-state index contributed by atoms with van der Waals surface area (Å²) >= 11 is 1.35. The summed E-state index contributed by atoms with van der Waals surface area (Å²) in [7, 11) is 0. The fraction of sp³-hybridized carbons (Fsp3) is 0.500. The largest absolute Gasteiger partial charge is 0.337 e. The van der Waals surface area contributed by atoms with Crippen LogP contribution in [0.2, 0.25) is 0 Å². The molecule has 0 radical (unpaired) electrons. The molecule has 0 bridgehead atoms. The number of hydrogen-bond donors (Lipinski definition) is 1. The molecule has 18 heavy (non-hydrogen) atoms. The Balaban J connectivity index is 0.00000162. The quantitative estimate of drug-likeness (QED) is 0.845. The van der Waals surface area contributed by atoms with Gasteiger partial charge in [0.15, 0.2) is 5.78 Å². The van der Waals surface area contributed by atoms with Crippen molar-refractivity contribution in [3.8, 4) is 0 Å². The fourth-order valence-electron chi connectivity index (χ4n) is 1.84. The van der Waals surface area contributed by atoms with Crippen LogP contribution in [0.3, 0.4) is 0 Å². The Morgan fingerprint density at radius 1 is 1.33 bits per heavy atom. The Kier molecular flexibility index (Phi) is 5.78. The first kappa shape index (κ1) is 15.1. The first-order valence-electron chi connectivity index (χ1n) is 5.78. The van der Waals surface area contributed by atoms with Gasteiger partial charge in [-0.15, -0.1) is 23.7 Å². The lowest BCUT2D eigenvalue weighted by molar-refractivity contribution is 0.0771. The molecule has 0 aromatic carbocycles. The normalized spacial score (nSPS) is 15.7. The molecule has 1 aromatic rings. The molecule has 2 heterocycles. The summed E-state index contributed by atoms with van der Waals surface area (Å²) in [5.41, 5.74) is 0.631. The highest BCUT2D eigenvalue weighted by Gasteiger charge is 2.19. The van der Waals surface area contributed by atoms with Crippen LogP contribution in [0.1, 0.15) is 33.4 Å². The standard InChI is InChI=1S/C12H16N2O2S.ClH/c1-9(15)10-7-11(17-8-10)12(16)14-5-2-3-13-4-6-14;/h7-8,13H,2-6H2,1H3;1H. The Morgan fingerprint density at radius 2 is 2.11 bits per heavy atom. The molecule has 0 atom stereocenters. The second kappa shape index (κ2) is 6.87. The summed E-state index contributed by atoms with van der Waals surface area (Å²) in [4.78, 5) is 25.9. The number of carbonyl (C=O) groups is 2. The molecule has 1 aromatic heterocycles. The predicted octanol–water partition coefficient (Wildman–Crippen LogP) is 1.81. The molecule has 1 amide bonds. The highest BCUT2D eigenvalue weighted by atomic mass is 35.5. The summed E-state index contributed by atoms with van der Waals surface area (Å²) in [6.45, 7) is 4.86. The van der Waals surface area contributed by atoms with Crippen molar-refractivity contribution in [2.24, 2.45) is 0 Å². The van der Waals surface area contributed by atoms with E-state index in [9.17, 15) is 9.59 Å². The molecule has 6 heteroatoms. The molecule has 1 N–H and O–H groups in total. The van der Waals surface area contributed by atoms with Gasteiger partial charge >= 0.3 is 0 Å². The molecular formula is C12H17ClN2O2S. The predicted molar refractivity (Wildman–Crippen MR) is 75.0 cm³/mol. The van der Waals surface area contributed by atoms with Crippen LogP contribution in [0.4, 0.5) is 0 Å². The minimum absolute atomic E-state index is 0. The average molecular weight is 289 g/mol. The number of halogens is 1. The van der Waals surface area contributed by atoms with Crippen molar-refractivity contribution in [1.29, 1.82) is 0 Å². The maximum Gasteiger partial charge on any atom is 0.263 e. The van der Waals surface area contributed by atoms with Crippen LogP contribution < -0.4 is 5.32 Å². The third-order valence-electron chi connectivity index (χ3n) is 2.84. The van der Waals surface area contributed by atoms with Crippen LogP contribution in [-0.4, -0.2) is 42.8 Å². The van der Waals surface area contributed by atoms with Gasteiger partial charge in [0.05, 0.1) is 4.88 Å². The first-order valence-corrected chi connectivity index (χ1v) is 6.66. The van der Waals surface area contributed by atoms with Crippen molar-refractivity contribution < 1.29 is 9.59 Å². The van der Waals surface area contributed by atoms with Gasteiger partial charge in [0.2, 0.25) is 0 Å². The Morgan fingerprint density at radius 3 is 2.78 bits per heavy atom. The zero-order valence-corrected chi connectivity index (χ0v) is 11.9. The van der Waals surface area contributed by atoms with Gasteiger partial charge < -0.3 is 10.2 Å². The Hall–Kier alpha value is -0.910. The van der Waals surface area contributed by atoms with Gasteiger partial charge in [0.1, 0.15) is 0 Å². The summed E-state index contributed by atoms with van der Waals surface area (Å²) in [5, 5.41) is 5.02. The molecule has 1 aliphatic rings. The Bertz CT molecular complexity index is 425. The average Bonchev–Trinajstić information content (AvgIpc) is 2.65. The van der Waals surface area contributed by atoms with Crippen LogP contribution in [0, 0.1) is 0 Å². The van der Waals surface area contributed by atoms with Gasteiger partial charge in [-0.1, -0.05) is 0 Å². The van der Waals surface area contributed by atoms with E-state index in [4.69, 9.17) is 0 Å². The molecule has 1 aliphatic heterocycles. The maximum absolute atomic E-state index is 12.2. The van der Waals surface area contributed by atoms with E-state index in [0.29, 0.717) is 10.4 Å². The van der Waals surface area contributed by atoms with E-state index in [1.54, 1.807) is 11.4 Å². The monoisotopic (exact) mass is 288 g/mol. The number of ketones is 1. The topological polar surface area (TPSA) is 49.4 Å². The first-order chi connectivity index (χ1) is 8.18. The van der Waals surface area contributed by atoms with Crippen LogP contribution in [0.5, 0.6) is 0 Å². The van der Waals surface area contributed by atoms with Crippen molar-refractivity contribution in [2.75, 3.05) is 26.2 Å². The minimum atomic E-state index is 0. The van der Waals surface area contributed by atoms with Crippen molar-refractivity contribution >= 4 is 35.4 Å². The van der Waals surface area contributed by atoms with Gasteiger partial charge in [-0.05, 0) is 26.0 Å². The fourth-order valence-corrected chi connectivity index (χ4v) is 2.75. The number of Topliss-reactive ketones (excluding diaryl/α,β-unsaturated/α-hetero) is 1. The summed E-state index contributed by atoms with van der Waals surface area (Å²) in [6.07, 6.45) is 0.983. The van der Waals surface area contributed by atoms with E-state index in [-0.39, 0.29) is 24.1 Å². The van der Waals surface area contributed by atoms with E-state index in [1.165, 1.54) is 18.3 Å². The van der Waals surface area contributed by atoms with E-state index >= 15 is 0 Å². The third kappa shape index (κ3) is 3.54. The second-order valence-electron chi connectivity index (χ2n) is 4.15. The molecule has 0 spiro atoms. The Labute approximate surface area is 117 Å². The number of amides is 1. The van der Waals surface area contributed by atoms with Crippen molar-refractivity contribution in [1.82, 2.24) is 10.2 Å². The minimum Gasteiger partial charge on any atom is -0.337 e. The highest BCUT2D eigenvalue weighted by Crippen LogP contribution is 2.17. The molecule has 1 saturated heterocycles. The molecule has 100 valence electrons. The zero-order chi connectivity index (χ0) is 12.3. The van der Waals surface area contributed by atoms with Crippen LogP contribution in [0.15, 0.2) is 11.4 Å². The maximum atomic E-state index is 12.2. The molecular weight excluding hydrogens is 272 g/mol. The molecule has 0 aliphatic carbocycles. The van der Waals surface area contributed by atoms with E-state index in [0.717, 1.165) is 32.6 Å². The van der Waals surface area contributed by atoms with Gasteiger partial charge in [0, 0.05) is 30.6 Å². The van der Waals surface area contributed by atoms with E-state index in [2.05, 4.69) is 5.32 Å². The second-order valence-corrected chi connectivity index (χ2v) is 5.06. The van der Waals surface area contributed by atoms with Gasteiger partial charge in [-0.2, -0.15) is 0 Å². The number of nitrogens with one attached hydrogen (secondary N) is 1. The van der Waals surface area contributed by atoms with Crippen molar-refractivity contribution in [3.63, 3.8) is 0 Å². The molecule has 0 saturated carbocycles. The number of hydrogen-bond acceptors (Lipinski definition) is 4. The summed E-state index contributed by atoms with van der Waals surface area (Å²) in [5.74, 6) is 0.0593.